The molecule has 0 saturated carbocycles. The Morgan fingerprint density at radius 3 is 2.62 bits per heavy atom. The van der Waals surface area contributed by atoms with Gasteiger partial charge in [0, 0.05) is 56.4 Å². The molecule has 3 heterocycles. The first-order valence-electron chi connectivity index (χ1n) is 8.15. The van der Waals surface area contributed by atoms with E-state index in [1.165, 1.54) is 0 Å². The number of nitriles is 1. The Balaban J connectivity index is 1.70. The third-order valence-corrected chi connectivity index (χ3v) is 3.99. The van der Waals surface area contributed by atoms with E-state index in [9.17, 15) is 0 Å². The average Bonchev–Trinajstić information content (AvgIpc) is 2.62. The van der Waals surface area contributed by atoms with E-state index in [0.29, 0.717) is 5.69 Å². The molecule has 124 valence electrons. The maximum absolute atomic E-state index is 8.99. The van der Waals surface area contributed by atoms with Crippen molar-refractivity contribution in [2.75, 3.05) is 47.8 Å². The first kappa shape index (κ1) is 16.0. The lowest BCUT2D eigenvalue weighted by Gasteiger charge is -2.36. The van der Waals surface area contributed by atoms with Crippen molar-refractivity contribution < 1.29 is 0 Å². The fourth-order valence-corrected chi connectivity index (χ4v) is 2.81. The van der Waals surface area contributed by atoms with Crippen LogP contribution in [0, 0.1) is 18.3 Å². The lowest BCUT2D eigenvalue weighted by molar-refractivity contribution is 0.639. The molecular weight excluding hydrogens is 302 g/mol. The van der Waals surface area contributed by atoms with Gasteiger partial charge in [-0.1, -0.05) is 0 Å². The van der Waals surface area contributed by atoms with Gasteiger partial charge in [0.1, 0.15) is 17.6 Å². The summed E-state index contributed by atoms with van der Waals surface area (Å²) in [6.07, 6.45) is 1.69. The van der Waals surface area contributed by atoms with Crippen molar-refractivity contribution in [1.29, 1.82) is 5.26 Å². The van der Waals surface area contributed by atoms with Crippen LogP contribution < -0.4 is 15.1 Å². The summed E-state index contributed by atoms with van der Waals surface area (Å²) in [4.78, 5) is 17.7. The summed E-state index contributed by atoms with van der Waals surface area (Å²) in [5.74, 6) is 1.65. The van der Waals surface area contributed by atoms with Crippen LogP contribution in [0.1, 0.15) is 18.3 Å². The van der Waals surface area contributed by atoms with E-state index in [-0.39, 0.29) is 0 Å². The summed E-state index contributed by atoms with van der Waals surface area (Å²) in [5, 5.41) is 12.2. The van der Waals surface area contributed by atoms with Crippen molar-refractivity contribution in [1.82, 2.24) is 15.0 Å². The van der Waals surface area contributed by atoms with Crippen molar-refractivity contribution in [3.05, 3.63) is 35.8 Å². The normalized spacial score (nSPS) is 14.4. The van der Waals surface area contributed by atoms with Crippen molar-refractivity contribution in [3.8, 4) is 6.07 Å². The van der Waals surface area contributed by atoms with E-state index >= 15 is 0 Å². The summed E-state index contributed by atoms with van der Waals surface area (Å²) >= 11 is 0. The molecule has 7 heteroatoms. The second-order valence-electron chi connectivity index (χ2n) is 5.71. The summed E-state index contributed by atoms with van der Waals surface area (Å²) in [7, 11) is 0. The molecule has 1 N–H and O–H groups in total. The van der Waals surface area contributed by atoms with E-state index in [0.717, 1.165) is 55.9 Å². The van der Waals surface area contributed by atoms with Crippen molar-refractivity contribution in [2.24, 2.45) is 0 Å². The Morgan fingerprint density at radius 1 is 1.17 bits per heavy atom. The third kappa shape index (κ3) is 3.54. The van der Waals surface area contributed by atoms with Gasteiger partial charge in [0.25, 0.3) is 0 Å². The van der Waals surface area contributed by atoms with Gasteiger partial charge in [0.05, 0.1) is 0 Å². The highest BCUT2D eigenvalue weighted by molar-refractivity contribution is 5.51. The fourth-order valence-electron chi connectivity index (χ4n) is 2.81. The second kappa shape index (κ2) is 7.13. The zero-order valence-electron chi connectivity index (χ0n) is 14.0. The number of hydrogen-bond donors (Lipinski definition) is 1. The van der Waals surface area contributed by atoms with Crippen LogP contribution in [0.3, 0.4) is 0 Å². The van der Waals surface area contributed by atoms with Crippen molar-refractivity contribution in [2.45, 2.75) is 13.8 Å². The molecule has 1 fully saturated rings. The van der Waals surface area contributed by atoms with E-state index in [2.05, 4.69) is 43.1 Å². The molecule has 2 aromatic rings. The molecule has 0 aromatic carbocycles. The number of pyridine rings is 1. The van der Waals surface area contributed by atoms with E-state index in [4.69, 9.17) is 5.26 Å². The minimum Gasteiger partial charge on any atom is -0.370 e. The van der Waals surface area contributed by atoms with Crippen LogP contribution in [0.4, 0.5) is 17.5 Å². The fraction of sp³-hybridized carbons (Fsp3) is 0.412. The standard InChI is InChI=1S/C17H21N7/c1-3-19-16-10-13(2)21-17(22-16)24-8-6-23(7-9-24)15-4-5-20-14(11-15)12-18/h4-5,10-11H,3,6-9H2,1-2H3,(H,19,21,22). The first-order valence-corrected chi connectivity index (χ1v) is 8.15. The Bertz CT molecular complexity index is 745. The van der Waals surface area contributed by atoms with Crippen LogP contribution in [0.5, 0.6) is 0 Å². The van der Waals surface area contributed by atoms with Crippen LogP contribution in [-0.4, -0.2) is 47.7 Å². The summed E-state index contributed by atoms with van der Waals surface area (Å²) in [6.45, 7) is 8.31. The van der Waals surface area contributed by atoms with Crippen molar-refractivity contribution in [3.63, 3.8) is 0 Å². The molecule has 7 nitrogen and oxygen atoms in total. The Labute approximate surface area is 142 Å². The molecule has 0 spiro atoms. The van der Waals surface area contributed by atoms with Gasteiger partial charge >= 0.3 is 0 Å². The Morgan fingerprint density at radius 2 is 1.92 bits per heavy atom. The van der Waals surface area contributed by atoms with E-state index in [1.54, 1.807) is 6.20 Å². The zero-order chi connectivity index (χ0) is 16.9. The molecule has 3 rings (SSSR count). The predicted octanol–water partition coefficient (Wildman–Crippen LogP) is 1.81. The molecule has 0 amide bonds. The quantitative estimate of drug-likeness (QED) is 0.919. The van der Waals surface area contributed by atoms with Crippen LogP contribution >= 0.6 is 0 Å². The number of rotatable bonds is 4. The number of nitrogens with zero attached hydrogens (tertiary/aromatic N) is 6. The number of aromatic nitrogens is 3. The van der Waals surface area contributed by atoms with Gasteiger partial charge in [0.2, 0.25) is 5.95 Å². The van der Waals surface area contributed by atoms with Crippen molar-refractivity contribution >= 4 is 17.5 Å². The van der Waals surface area contributed by atoms with Crippen LogP contribution in [0.15, 0.2) is 24.4 Å². The van der Waals surface area contributed by atoms with E-state index in [1.807, 2.05) is 25.1 Å². The van der Waals surface area contributed by atoms with Gasteiger partial charge in [-0.2, -0.15) is 10.2 Å². The number of anilines is 3. The third-order valence-electron chi connectivity index (χ3n) is 3.99. The highest BCUT2D eigenvalue weighted by atomic mass is 15.3. The molecule has 0 aliphatic carbocycles. The number of nitrogens with one attached hydrogen (secondary N) is 1. The molecular formula is C17H21N7. The van der Waals surface area contributed by atoms with Gasteiger partial charge in [-0.25, -0.2) is 9.97 Å². The van der Waals surface area contributed by atoms with Crippen LogP contribution in [0.2, 0.25) is 0 Å². The maximum Gasteiger partial charge on any atom is 0.227 e. The topological polar surface area (TPSA) is 81.0 Å². The number of aryl methyl sites for hydroxylation is 1. The average molecular weight is 323 g/mol. The number of hydrogen-bond acceptors (Lipinski definition) is 7. The molecule has 1 aliphatic rings. The summed E-state index contributed by atoms with van der Waals surface area (Å²) < 4.78 is 0. The van der Waals surface area contributed by atoms with Gasteiger partial charge < -0.3 is 15.1 Å². The molecule has 2 aromatic heterocycles. The van der Waals surface area contributed by atoms with Gasteiger partial charge in [-0.3, -0.25) is 0 Å². The van der Waals surface area contributed by atoms with Crippen LogP contribution in [-0.2, 0) is 0 Å². The van der Waals surface area contributed by atoms with E-state index < -0.39 is 0 Å². The van der Waals surface area contributed by atoms with Gasteiger partial charge in [0.15, 0.2) is 0 Å². The second-order valence-corrected chi connectivity index (χ2v) is 5.71. The van der Waals surface area contributed by atoms with Gasteiger partial charge in [-0.05, 0) is 26.0 Å². The predicted molar refractivity (Wildman–Crippen MR) is 94.3 cm³/mol. The zero-order valence-corrected chi connectivity index (χ0v) is 14.0. The van der Waals surface area contributed by atoms with Crippen LogP contribution in [0.25, 0.3) is 0 Å². The number of piperazine rings is 1. The minimum atomic E-state index is 0.451. The smallest absolute Gasteiger partial charge is 0.227 e. The minimum absolute atomic E-state index is 0.451. The highest BCUT2D eigenvalue weighted by Gasteiger charge is 2.20. The maximum atomic E-state index is 8.99. The summed E-state index contributed by atoms with van der Waals surface area (Å²) in [5.41, 5.74) is 2.46. The molecule has 0 unspecified atom stereocenters. The first-order chi connectivity index (χ1) is 11.7. The largest absolute Gasteiger partial charge is 0.370 e. The SMILES string of the molecule is CCNc1cc(C)nc(N2CCN(c3ccnc(C#N)c3)CC2)n1. The highest BCUT2D eigenvalue weighted by Crippen LogP contribution is 2.20. The molecule has 24 heavy (non-hydrogen) atoms. The Hall–Kier alpha value is -2.88. The lowest BCUT2D eigenvalue weighted by Crippen LogP contribution is -2.47. The lowest BCUT2D eigenvalue weighted by atomic mass is 10.2. The molecule has 1 aliphatic heterocycles. The molecule has 1 saturated heterocycles. The van der Waals surface area contributed by atoms with Gasteiger partial charge in [-0.15, -0.1) is 0 Å². The molecule has 0 radical (unpaired) electrons. The molecule has 0 atom stereocenters. The summed E-state index contributed by atoms with van der Waals surface area (Å²) in [6, 6.07) is 7.84. The Kier molecular flexibility index (Phi) is 4.75. The monoisotopic (exact) mass is 323 g/mol. The molecule has 0 bridgehead atoms.